The van der Waals surface area contributed by atoms with Gasteiger partial charge >= 0.3 is 0 Å². The molecule has 6 heteroatoms. The molecule has 20 heavy (non-hydrogen) atoms. The van der Waals surface area contributed by atoms with E-state index in [1.807, 2.05) is 38.1 Å². The van der Waals surface area contributed by atoms with Gasteiger partial charge in [-0.15, -0.1) is 0 Å². The number of hydrogen-bond acceptors (Lipinski definition) is 4. The second-order valence-corrected chi connectivity index (χ2v) is 7.53. The van der Waals surface area contributed by atoms with Gasteiger partial charge in [-0.1, -0.05) is 26.0 Å². The summed E-state index contributed by atoms with van der Waals surface area (Å²) in [6, 6.07) is 7.71. The standard InChI is InChI=1S/C14H21N3O2S/c1-4-14(5-2,20(3,18)19)10-15-13-16-11-8-6-7-9-12(11)17-13/h6-9H,4-5,10H2,1-3H3,(H2,15,16,17). The number of rotatable bonds is 6. The summed E-state index contributed by atoms with van der Waals surface area (Å²) in [7, 11) is -3.13. The van der Waals surface area contributed by atoms with Crippen molar-refractivity contribution in [2.75, 3.05) is 18.1 Å². The number of imidazole rings is 1. The minimum absolute atomic E-state index is 0.360. The van der Waals surface area contributed by atoms with E-state index in [4.69, 9.17) is 0 Å². The van der Waals surface area contributed by atoms with Crippen molar-refractivity contribution in [1.29, 1.82) is 0 Å². The molecule has 110 valence electrons. The summed E-state index contributed by atoms with van der Waals surface area (Å²) in [5, 5.41) is 3.14. The molecular formula is C14H21N3O2S. The predicted octanol–water partition coefficient (Wildman–Crippen LogP) is 2.58. The Balaban J connectivity index is 2.21. The number of benzene rings is 1. The van der Waals surface area contributed by atoms with E-state index in [1.54, 1.807) is 0 Å². The first-order valence-electron chi connectivity index (χ1n) is 6.80. The average Bonchev–Trinajstić information content (AvgIpc) is 2.81. The molecule has 1 heterocycles. The maximum absolute atomic E-state index is 12.0. The smallest absolute Gasteiger partial charge is 0.201 e. The molecule has 5 nitrogen and oxygen atoms in total. The van der Waals surface area contributed by atoms with Gasteiger partial charge in [-0.05, 0) is 25.0 Å². The molecule has 0 spiro atoms. The number of H-pyrrole nitrogens is 1. The van der Waals surface area contributed by atoms with E-state index in [1.165, 1.54) is 6.26 Å². The quantitative estimate of drug-likeness (QED) is 0.859. The highest BCUT2D eigenvalue weighted by Gasteiger charge is 2.37. The minimum atomic E-state index is -3.13. The van der Waals surface area contributed by atoms with Gasteiger partial charge in [0.15, 0.2) is 9.84 Å². The van der Waals surface area contributed by atoms with Crippen LogP contribution in [-0.4, -0.2) is 35.9 Å². The highest BCUT2D eigenvalue weighted by atomic mass is 32.2. The Morgan fingerprint density at radius 1 is 1.25 bits per heavy atom. The molecule has 0 aliphatic heterocycles. The SMILES string of the molecule is CCC(CC)(CNc1nc2ccccc2[nH]1)S(C)(=O)=O. The third kappa shape index (κ3) is 2.65. The molecule has 0 saturated heterocycles. The molecule has 0 unspecified atom stereocenters. The van der Waals surface area contributed by atoms with Crippen LogP contribution in [0, 0.1) is 0 Å². The number of anilines is 1. The van der Waals surface area contributed by atoms with Crippen molar-refractivity contribution in [1.82, 2.24) is 9.97 Å². The van der Waals surface area contributed by atoms with E-state index in [2.05, 4.69) is 15.3 Å². The lowest BCUT2D eigenvalue weighted by Crippen LogP contribution is -2.43. The van der Waals surface area contributed by atoms with Crippen molar-refractivity contribution in [3.8, 4) is 0 Å². The fourth-order valence-electron chi connectivity index (χ4n) is 2.44. The van der Waals surface area contributed by atoms with Gasteiger partial charge in [0.1, 0.15) is 0 Å². The van der Waals surface area contributed by atoms with E-state index in [0.717, 1.165) is 11.0 Å². The molecule has 0 aliphatic carbocycles. The lowest BCUT2D eigenvalue weighted by atomic mass is 10.0. The predicted molar refractivity (Wildman–Crippen MR) is 82.7 cm³/mol. The van der Waals surface area contributed by atoms with Gasteiger partial charge in [0.25, 0.3) is 0 Å². The van der Waals surface area contributed by atoms with Crippen LogP contribution in [0.3, 0.4) is 0 Å². The first kappa shape index (κ1) is 14.8. The zero-order valence-corrected chi connectivity index (χ0v) is 12.9. The summed E-state index contributed by atoms with van der Waals surface area (Å²) in [5.41, 5.74) is 1.81. The normalized spacial score (nSPS) is 12.8. The first-order valence-corrected chi connectivity index (χ1v) is 8.69. The van der Waals surface area contributed by atoms with Gasteiger partial charge in [-0.3, -0.25) is 0 Å². The van der Waals surface area contributed by atoms with Gasteiger partial charge in [0, 0.05) is 12.8 Å². The molecule has 2 aromatic rings. The second-order valence-electron chi connectivity index (χ2n) is 5.12. The van der Waals surface area contributed by atoms with Crippen LogP contribution in [0.25, 0.3) is 11.0 Å². The molecule has 0 aliphatic rings. The molecule has 0 amide bonds. The molecule has 2 N–H and O–H groups in total. The number of aromatic amines is 1. The van der Waals surface area contributed by atoms with Crippen molar-refractivity contribution >= 4 is 26.8 Å². The number of nitrogens with zero attached hydrogens (tertiary/aromatic N) is 1. The summed E-state index contributed by atoms with van der Waals surface area (Å²) < 4.78 is 23.3. The topological polar surface area (TPSA) is 74.8 Å². The third-order valence-corrected chi connectivity index (χ3v) is 6.34. The maximum Gasteiger partial charge on any atom is 0.201 e. The van der Waals surface area contributed by atoms with Crippen LogP contribution < -0.4 is 5.32 Å². The summed E-state index contributed by atoms with van der Waals surface area (Å²) in [6.07, 6.45) is 2.46. The molecule has 1 aromatic carbocycles. The van der Waals surface area contributed by atoms with Gasteiger partial charge in [0.2, 0.25) is 5.95 Å². The van der Waals surface area contributed by atoms with Crippen LogP contribution in [0.2, 0.25) is 0 Å². The zero-order valence-electron chi connectivity index (χ0n) is 12.1. The highest BCUT2D eigenvalue weighted by Crippen LogP contribution is 2.26. The lowest BCUT2D eigenvalue weighted by molar-refractivity contribution is 0.498. The van der Waals surface area contributed by atoms with Gasteiger partial charge in [-0.2, -0.15) is 0 Å². The molecule has 1 aromatic heterocycles. The Morgan fingerprint density at radius 2 is 1.90 bits per heavy atom. The van der Waals surface area contributed by atoms with Gasteiger partial charge < -0.3 is 10.3 Å². The summed E-state index contributed by atoms with van der Waals surface area (Å²) in [5.74, 6) is 0.612. The van der Waals surface area contributed by atoms with Crippen LogP contribution in [0.5, 0.6) is 0 Å². The molecule has 0 saturated carbocycles. The number of sulfone groups is 1. The van der Waals surface area contributed by atoms with E-state index in [9.17, 15) is 8.42 Å². The summed E-state index contributed by atoms with van der Waals surface area (Å²) in [4.78, 5) is 7.56. The molecule has 2 rings (SSSR count). The molecule has 0 fully saturated rings. The molecule has 0 radical (unpaired) electrons. The maximum atomic E-state index is 12.0. The average molecular weight is 295 g/mol. The third-order valence-electron chi connectivity index (χ3n) is 4.04. The Kier molecular flexibility index (Phi) is 4.04. The van der Waals surface area contributed by atoms with Crippen molar-refractivity contribution in [2.45, 2.75) is 31.4 Å². The number of hydrogen-bond donors (Lipinski definition) is 2. The molecule has 0 atom stereocenters. The largest absolute Gasteiger partial charge is 0.354 e. The fraction of sp³-hybridized carbons (Fsp3) is 0.500. The van der Waals surface area contributed by atoms with Crippen LogP contribution in [0.4, 0.5) is 5.95 Å². The van der Waals surface area contributed by atoms with E-state index < -0.39 is 14.6 Å². The monoisotopic (exact) mass is 295 g/mol. The van der Waals surface area contributed by atoms with Gasteiger partial charge in [0.05, 0.1) is 15.8 Å². The molecular weight excluding hydrogens is 274 g/mol. The minimum Gasteiger partial charge on any atom is -0.354 e. The highest BCUT2D eigenvalue weighted by molar-refractivity contribution is 7.92. The number of aromatic nitrogens is 2. The van der Waals surface area contributed by atoms with Crippen molar-refractivity contribution in [2.24, 2.45) is 0 Å². The van der Waals surface area contributed by atoms with Crippen LogP contribution in [0.15, 0.2) is 24.3 Å². The van der Waals surface area contributed by atoms with Crippen LogP contribution >= 0.6 is 0 Å². The van der Waals surface area contributed by atoms with Crippen molar-refractivity contribution in [3.05, 3.63) is 24.3 Å². The lowest BCUT2D eigenvalue weighted by Gasteiger charge is -2.29. The second kappa shape index (κ2) is 5.44. The van der Waals surface area contributed by atoms with Crippen LogP contribution in [-0.2, 0) is 9.84 Å². The Labute approximate surface area is 119 Å². The van der Waals surface area contributed by atoms with E-state index >= 15 is 0 Å². The Hall–Kier alpha value is -1.56. The van der Waals surface area contributed by atoms with Gasteiger partial charge in [-0.25, -0.2) is 13.4 Å². The zero-order chi connectivity index (χ0) is 14.8. The Bertz CT molecular complexity index is 654. The first-order chi connectivity index (χ1) is 9.42. The summed E-state index contributed by atoms with van der Waals surface area (Å²) in [6.45, 7) is 4.17. The Morgan fingerprint density at radius 3 is 2.45 bits per heavy atom. The van der Waals surface area contributed by atoms with Crippen molar-refractivity contribution in [3.63, 3.8) is 0 Å². The number of para-hydroxylation sites is 2. The number of nitrogens with one attached hydrogen (secondary N) is 2. The van der Waals surface area contributed by atoms with Crippen molar-refractivity contribution < 1.29 is 8.42 Å². The number of fused-ring (bicyclic) bond motifs is 1. The van der Waals surface area contributed by atoms with E-state index in [0.29, 0.717) is 25.3 Å². The fourth-order valence-corrected chi connectivity index (χ4v) is 3.82. The molecule has 0 bridgehead atoms. The summed E-state index contributed by atoms with van der Waals surface area (Å²) >= 11 is 0. The van der Waals surface area contributed by atoms with E-state index in [-0.39, 0.29) is 0 Å². The van der Waals surface area contributed by atoms with Crippen LogP contribution in [0.1, 0.15) is 26.7 Å².